The summed E-state index contributed by atoms with van der Waals surface area (Å²) in [7, 11) is 0. The van der Waals surface area contributed by atoms with Gasteiger partial charge >= 0.3 is 0 Å². The lowest BCUT2D eigenvalue weighted by Crippen LogP contribution is -2.04. The third kappa shape index (κ3) is 2.78. The molecule has 2 heterocycles. The summed E-state index contributed by atoms with van der Waals surface area (Å²) in [4.78, 5) is 11.9. The van der Waals surface area contributed by atoms with Crippen molar-refractivity contribution in [2.75, 3.05) is 5.32 Å². The molecule has 0 saturated heterocycles. The number of fused-ring (bicyclic) bond motifs is 3. The van der Waals surface area contributed by atoms with Crippen LogP contribution in [0.2, 0.25) is 0 Å². The summed E-state index contributed by atoms with van der Waals surface area (Å²) >= 11 is 1.82. The van der Waals surface area contributed by atoms with E-state index in [0.29, 0.717) is 0 Å². The van der Waals surface area contributed by atoms with E-state index in [1.165, 1.54) is 34.2 Å². The van der Waals surface area contributed by atoms with Gasteiger partial charge in [-0.15, -0.1) is 11.3 Å². The first-order valence-electron chi connectivity index (χ1n) is 8.41. The highest BCUT2D eigenvalue weighted by Crippen LogP contribution is 2.39. The second kappa shape index (κ2) is 6.15. The van der Waals surface area contributed by atoms with Gasteiger partial charge in [-0.2, -0.15) is 0 Å². The molecule has 24 heavy (non-hydrogen) atoms. The number of hydrogen-bond donors (Lipinski definition) is 2. The first-order chi connectivity index (χ1) is 11.6. The van der Waals surface area contributed by atoms with Crippen LogP contribution in [0, 0.1) is 6.92 Å². The lowest BCUT2D eigenvalue weighted by Gasteiger charge is -2.10. The Bertz CT molecular complexity index is 884. The monoisotopic (exact) mass is 339 g/mol. The number of rotatable bonds is 4. The van der Waals surface area contributed by atoms with Gasteiger partial charge in [0.05, 0.1) is 11.5 Å². The van der Waals surface area contributed by atoms with Crippen LogP contribution < -0.4 is 5.32 Å². The summed E-state index contributed by atoms with van der Waals surface area (Å²) in [6.07, 6.45) is 3.13. The van der Waals surface area contributed by atoms with E-state index in [9.17, 15) is 5.11 Å². The fraction of sp³-hybridized carbons (Fsp3) is 0.368. The van der Waals surface area contributed by atoms with E-state index in [4.69, 9.17) is 0 Å². The molecular formula is C19H21N3OS. The lowest BCUT2D eigenvalue weighted by atomic mass is 10.1. The molecule has 1 aliphatic carbocycles. The third-order valence-corrected chi connectivity index (χ3v) is 5.78. The summed E-state index contributed by atoms with van der Waals surface area (Å²) < 4.78 is 0. The smallest absolute Gasteiger partial charge is 0.139 e. The number of nitrogens with zero attached hydrogens (tertiary/aromatic N) is 2. The van der Waals surface area contributed by atoms with E-state index in [0.717, 1.165) is 35.0 Å². The van der Waals surface area contributed by atoms with Crippen molar-refractivity contribution in [3.05, 3.63) is 51.7 Å². The number of aromatic nitrogens is 2. The van der Waals surface area contributed by atoms with Gasteiger partial charge in [-0.05, 0) is 49.8 Å². The maximum atomic E-state index is 9.61. The predicted molar refractivity (Wildman–Crippen MR) is 98.6 cm³/mol. The predicted octanol–water partition coefficient (Wildman–Crippen LogP) is 4.15. The molecule has 4 nitrogen and oxygen atoms in total. The van der Waals surface area contributed by atoms with E-state index in [1.54, 1.807) is 6.92 Å². The van der Waals surface area contributed by atoms with Crippen molar-refractivity contribution >= 4 is 27.4 Å². The highest BCUT2D eigenvalue weighted by atomic mass is 32.1. The molecule has 3 aromatic rings. The minimum atomic E-state index is -0.426. The highest BCUT2D eigenvalue weighted by molar-refractivity contribution is 7.19. The molecule has 0 aliphatic heterocycles. The van der Waals surface area contributed by atoms with Crippen molar-refractivity contribution in [1.29, 1.82) is 0 Å². The van der Waals surface area contributed by atoms with Crippen molar-refractivity contribution < 1.29 is 5.11 Å². The quantitative estimate of drug-likeness (QED) is 0.749. The minimum Gasteiger partial charge on any atom is -0.389 e. The summed E-state index contributed by atoms with van der Waals surface area (Å²) in [5.41, 5.74) is 3.56. The average Bonchev–Trinajstić information content (AvgIpc) is 3.13. The standard InChI is InChI=1S/C19H21N3OS/c1-11(23)14-8-6-13(7-9-14)10-20-18-17-15-4-3-5-16(15)24-19(17)22-12(2)21-18/h6-9,11,23H,3-5,10H2,1-2H3,(H,20,21,22)/t11-/m1/s1. The second-order valence-electron chi connectivity index (χ2n) is 6.43. The molecule has 1 atom stereocenters. The van der Waals surface area contributed by atoms with Crippen molar-refractivity contribution in [2.24, 2.45) is 0 Å². The molecule has 1 aromatic carbocycles. The van der Waals surface area contributed by atoms with Crippen LogP contribution in [0.4, 0.5) is 5.82 Å². The van der Waals surface area contributed by atoms with Gasteiger partial charge in [-0.3, -0.25) is 0 Å². The van der Waals surface area contributed by atoms with E-state index >= 15 is 0 Å². The van der Waals surface area contributed by atoms with Crippen LogP contribution in [0.25, 0.3) is 10.2 Å². The van der Waals surface area contributed by atoms with Gasteiger partial charge in [-0.25, -0.2) is 9.97 Å². The molecule has 0 unspecified atom stereocenters. The van der Waals surface area contributed by atoms with E-state index in [1.807, 2.05) is 30.4 Å². The molecule has 124 valence electrons. The largest absolute Gasteiger partial charge is 0.389 e. The van der Waals surface area contributed by atoms with Gasteiger partial charge in [0.2, 0.25) is 0 Å². The Morgan fingerprint density at radius 2 is 2.00 bits per heavy atom. The fourth-order valence-electron chi connectivity index (χ4n) is 3.33. The Kier molecular flexibility index (Phi) is 3.98. The van der Waals surface area contributed by atoms with Crippen molar-refractivity contribution in [3.63, 3.8) is 0 Å². The molecule has 2 N–H and O–H groups in total. The zero-order valence-electron chi connectivity index (χ0n) is 14.0. The molecule has 1 aliphatic rings. The van der Waals surface area contributed by atoms with Gasteiger partial charge in [0.1, 0.15) is 16.5 Å². The summed E-state index contributed by atoms with van der Waals surface area (Å²) in [6, 6.07) is 8.06. The Labute approximate surface area is 145 Å². The van der Waals surface area contributed by atoms with Gasteiger partial charge in [0, 0.05) is 11.4 Å². The highest BCUT2D eigenvalue weighted by Gasteiger charge is 2.21. The summed E-state index contributed by atoms with van der Waals surface area (Å²) in [5.74, 6) is 1.77. The number of anilines is 1. The molecule has 0 radical (unpaired) electrons. The number of aliphatic hydroxyl groups is 1. The first kappa shape index (κ1) is 15.5. The van der Waals surface area contributed by atoms with Crippen LogP contribution in [0.3, 0.4) is 0 Å². The summed E-state index contributed by atoms with van der Waals surface area (Å²) in [6.45, 7) is 4.45. The van der Waals surface area contributed by atoms with Crippen LogP contribution in [-0.2, 0) is 19.4 Å². The van der Waals surface area contributed by atoms with Crippen molar-refractivity contribution in [1.82, 2.24) is 9.97 Å². The van der Waals surface area contributed by atoms with Gasteiger partial charge in [0.15, 0.2) is 0 Å². The zero-order valence-corrected chi connectivity index (χ0v) is 14.8. The van der Waals surface area contributed by atoms with Gasteiger partial charge in [0.25, 0.3) is 0 Å². The van der Waals surface area contributed by atoms with Crippen LogP contribution in [0.5, 0.6) is 0 Å². The molecule has 4 rings (SSSR count). The third-order valence-electron chi connectivity index (χ3n) is 4.60. The topological polar surface area (TPSA) is 58.0 Å². The molecule has 2 aromatic heterocycles. The number of hydrogen-bond acceptors (Lipinski definition) is 5. The SMILES string of the molecule is Cc1nc(NCc2ccc([C@@H](C)O)cc2)c2c3c(sc2n1)CCC3. The van der Waals surface area contributed by atoms with Crippen molar-refractivity contribution in [3.8, 4) is 0 Å². The molecule has 0 saturated carbocycles. The molecular weight excluding hydrogens is 318 g/mol. The molecule has 0 spiro atoms. The number of aliphatic hydroxyl groups excluding tert-OH is 1. The molecule has 0 amide bonds. The van der Waals surface area contributed by atoms with Crippen molar-refractivity contribution in [2.45, 2.75) is 45.8 Å². The van der Waals surface area contributed by atoms with Crippen LogP contribution in [0.15, 0.2) is 24.3 Å². The average molecular weight is 339 g/mol. The Morgan fingerprint density at radius 3 is 2.75 bits per heavy atom. The lowest BCUT2D eigenvalue weighted by molar-refractivity contribution is 0.199. The number of nitrogens with one attached hydrogen (secondary N) is 1. The Balaban J connectivity index is 1.62. The maximum absolute atomic E-state index is 9.61. The number of thiophene rings is 1. The number of benzene rings is 1. The summed E-state index contributed by atoms with van der Waals surface area (Å²) in [5, 5.41) is 14.3. The zero-order chi connectivity index (χ0) is 16.7. The number of aryl methyl sites for hydroxylation is 3. The molecule has 5 heteroatoms. The first-order valence-corrected chi connectivity index (χ1v) is 9.23. The molecule has 0 bridgehead atoms. The maximum Gasteiger partial charge on any atom is 0.139 e. The van der Waals surface area contributed by atoms with E-state index < -0.39 is 6.10 Å². The van der Waals surface area contributed by atoms with Crippen LogP contribution in [0.1, 0.15) is 46.8 Å². The van der Waals surface area contributed by atoms with Gasteiger partial charge < -0.3 is 10.4 Å². The Hall–Kier alpha value is -1.98. The van der Waals surface area contributed by atoms with E-state index in [2.05, 4.69) is 27.4 Å². The Morgan fingerprint density at radius 1 is 1.21 bits per heavy atom. The normalized spacial score (nSPS) is 14.8. The van der Waals surface area contributed by atoms with Crippen LogP contribution >= 0.6 is 11.3 Å². The fourth-order valence-corrected chi connectivity index (χ4v) is 4.64. The molecule has 0 fully saturated rings. The van der Waals surface area contributed by atoms with Gasteiger partial charge in [-0.1, -0.05) is 24.3 Å². The minimum absolute atomic E-state index is 0.426. The second-order valence-corrected chi connectivity index (χ2v) is 7.51. The van der Waals surface area contributed by atoms with E-state index in [-0.39, 0.29) is 0 Å². The van der Waals surface area contributed by atoms with Crippen LogP contribution in [-0.4, -0.2) is 15.1 Å².